The summed E-state index contributed by atoms with van der Waals surface area (Å²) in [6.07, 6.45) is 0. The Morgan fingerprint density at radius 3 is 2.63 bits per heavy atom. The standard InChI is InChI=1S/C15H23N3O/c1-10-7-12(3)13(8-11(10)2)14-9-18(6-5-16-4)15(19)17-14/h7-8,14,16H,5-6,9H2,1-4H3,(H,17,19). The van der Waals surface area contributed by atoms with Crippen LogP contribution in [-0.2, 0) is 0 Å². The zero-order valence-corrected chi connectivity index (χ0v) is 12.2. The Labute approximate surface area is 115 Å². The molecular weight excluding hydrogens is 238 g/mol. The number of amides is 2. The number of nitrogens with zero attached hydrogens (tertiary/aromatic N) is 1. The Hall–Kier alpha value is -1.55. The zero-order valence-electron chi connectivity index (χ0n) is 12.2. The molecule has 1 aliphatic rings. The van der Waals surface area contributed by atoms with E-state index in [1.54, 1.807) is 0 Å². The van der Waals surface area contributed by atoms with Crippen molar-refractivity contribution in [2.45, 2.75) is 26.8 Å². The minimum Gasteiger partial charge on any atom is -0.329 e. The molecule has 4 heteroatoms. The van der Waals surface area contributed by atoms with E-state index in [2.05, 4.69) is 43.5 Å². The Kier molecular flexibility index (Phi) is 4.10. The smallest absolute Gasteiger partial charge is 0.318 e. The molecule has 2 amide bonds. The van der Waals surface area contributed by atoms with Crippen LogP contribution in [0.25, 0.3) is 0 Å². The summed E-state index contributed by atoms with van der Waals surface area (Å²) in [7, 11) is 1.90. The number of rotatable bonds is 4. The van der Waals surface area contributed by atoms with Gasteiger partial charge >= 0.3 is 6.03 Å². The van der Waals surface area contributed by atoms with Crippen LogP contribution in [-0.4, -0.2) is 37.6 Å². The topological polar surface area (TPSA) is 44.4 Å². The molecule has 1 aromatic rings. The SMILES string of the molecule is CNCCN1CC(c2cc(C)c(C)cc2C)NC1=O. The molecule has 2 rings (SSSR count). The van der Waals surface area contributed by atoms with Crippen molar-refractivity contribution in [3.63, 3.8) is 0 Å². The lowest BCUT2D eigenvalue weighted by atomic mass is 9.96. The fraction of sp³-hybridized carbons (Fsp3) is 0.533. The van der Waals surface area contributed by atoms with Crippen LogP contribution < -0.4 is 10.6 Å². The van der Waals surface area contributed by atoms with Crippen LogP contribution in [0.1, 0.15) is 28.3 Å². The number of nitrogens with one attached hydrogen (secondary N) is 2. The van der Waals surface area contributed by atoms with Crippen molar-refractivity contribution in [2.75, 3.05) is 26.7 Å². The Bertz CT molecular complexity index is 485. The quantitative estimate of drug-likeness (QED) is 0.869. The summed E-state index contributed by atoms with van der Waals surface area (Å²) in [5, 5.41) is 6.15. The summed E-state index contributed by atoms with van der Waals surface area (Å²) < 4.78 is 0. The number of likely N-dealkylation sites (N-methyl/N-ethyl adjacent to an activating group) is 1. The highest BCUT2D eigenvalue weighted by atomic mass is 16.2. The number of carbonyl (C=O) groups excluding carboxylic acids is 1. The molecule has 1 fully saturated rings. The van der Waals surface area contributed by atoms with E-state index in [0.717, 1.165) is 19.6 Å². The van der Waals surface area contributed by atoms with Crippen molar-refractivity contribution in [3.8, 4) is 0 Å². The third kappa shape index (κ3) is 2.89. The maximum Gasteiger partial charge on any atom is 0.318 e. The number of benzene rings is 1. The van der Waals surface area contributed by atoms with Crippen LogP contribution in [0.5, 0.6) is 0 Å². The predicted molar refractivity (Wildman–Crippen MR) is 77.4 cm³/mol. The van der Waals surface area contributed by atoms with E-state index in [9.17, 15) is 4.79 Å². The molecule has 4 nitrogen and oxygen atoms in total. The Balaban J connectivity index is 2.16. The van der Waals surface area contributed by atoms with Crippen LogP contribution in [0.4, 0.5) is 4.79 Å². The lowest BCUT2D eigenvalue weighted by Gasteiger charge is -2.16. The second-order valence-electron chi connectivity index (χ2n) is 5.34. The first-order chi connectivity index (χ1) is 9.02. The largest absolute Gasteiger partial charge is 0.329 e. The van der Waals surface area contributed by atoms with Gasteiger partial charge in [-0.25, -0.2) is 4.79 Å². The van der Waals surface area contributed by atoms with Gasteiger partial charge < -0.3 is 15.5 Å². The summed E-state index contributed by atoms with van der Waals surface area (Å²) in [4.78, 5) is 13.8. The van der Waals surface area contributed by atoms with E-state index in [1.807, 2.05) is 11.9 Å². The summed E-state index contributed by atoms with van der Waals surface area (Å²) in [6.45, 7) is 8.69. The summed E-state index contributed by atoms with van der Waals surface area (Å²) in [6, 6.07) is 4.56. The van der Waals surface area contributed by atoms with E-state index in [0.29, 0.717) is 0 Å². The van der Waals surface area contributed by atoms with E-state index in [-0.39, 0.29) is 12.1 Å². The molecule has 1 heterocycles. The molecule has 0 aromatic heterocycles. The minimum absolute atomic E-state index is 0.0397. The minimum atomic E-state index is 0.0397. The van der Waals surface area contributed by atoms with Gasteiger partial charge in [0, 0.05) is 19.6 Å². The molecule has 19 heavy (non-hydrogen) atoms. The van der Waals surface area contributed by atoms with Crippen LogP contribution in [0, 0.1) is 20.8 Å². The number of carbonyl (C=O) groups is 1. The van der Waals surface area contributed by atoms with Gasteiger partial charge in [0.2, 0.25) is 0 Å². The Morgan fingerprint density at radius 1 is 1.26 bits per heavy atom. The fourth-order valence-corrected chi connectivity index (χ4v) is 2.56. The molecule has 104 valence electrons. The molecule has 1 aliphatic heterocycles. The van der Waals surface area contributed by atoms with E-state index in [4.69, 9.17) is 0 Å². The summed E-state index contributed by atoms with van der Waals surface area (Å²) in [5.41, 5.74) is 5.08. The molecule has 0 saturated carbocycles. The first-order valence-corrected chi connectivity index (χ1v) is 6.80. The molecule has 0 spiro atoms. The molecule has 1 saturated heterocycles. The van der Waals surface area contributed by atoms with Gasteiger partial charge in [-0.3, -0.25) is 0 Å². The average Bonchev–Trinajstić information content (AvgIpc) is 2.72. The summed E-state index contributed by atoms with van der Waals surface area (Å²) >= 11 is 0. The lowest BCUT2D eigenvalue weighted by molar-refractivity contribution is 0.218. The molecule has 0 bridgehead atoms. The highest BCUT2D eigenvalue weighted by molar-refractivity contribution is 5.77. The van der Waals surface area contributed by atoms with E-state index in [1.165, 1.54) is 22.3 Å². The van der Waals surface area contributed by atoms with Crippen molar-refractivity contribution in [3.05, 3.63) is 34.4 Å². The maximum absolute atomic E-state index is 11.9. The van der Waals surface area contributed by atoms with Crippen molar-refractivity contribution < 1.29 is 4.79 Å². The highest BCUT2D eigenvalue weighted by Gasteiger charge is 2.30. The highest BCUT2D eigenvalue weighted by Crippen LogP contribution is 2.25. The number of hydrogen-bond donors (Lipinski definition) is 2. The van der Waals surface area contributed by atoms with Crippen LogP contribution in [0.2, 0.25) is 0 Å². The van der Waals surface area contributed by atoms with Crippen LogP contribution in [0.15, 0.2) is 12.1 Å². The monoisotopic (exact) mass is 261 g/mol. The van der Waals surface area contributed by atoms with Gasteiger partial charge in [-0.2, -0.15) is 0 Å². The number of urea groups is 1. The van der Waals surface area contributed by atoms with Crippen molar-refractivity contribution in [1.82, 2.24) is 15.5 Å². The maximum atomic E-state index is 11.9. The second-order valence-corrected chi connectivity index (χ2v) is 5.34. The zero-order chi connectivity index (χ0) is 14.0. The van der Waals surface area contributed by atoms with Gasteiger partial charge in [-0.1, -0.05) is 12.1 Å². The van der Waals surface area contributed by atoms with E-state index < -0.39 is 0 Å². The first-order valence-electron chi connectivity index (χ1n) is 6.80. The number of aryl methyl sites for hydroxylation is 3. The third-order valence-electron chi connectivity index (χ3n) is 3.88. The van der Waals surface area contributed by atoms with Crippen molar-refractivity contribution >= 4 is 6.03 Å². The molecule has 1 aromatic carbocycles. The fourth-order valence-electron chi connectivity index (χ4n) is 2.56. The van der Waals surface area contributed by atoms with Crippen molar-refractivity contribution in [1.29, 1.82) is 0 Å². The molecule has 2 N–H and O–H groups in total. The van der Waals surface area contributed by atoms with Crippen molar-refractivity contribution in [2.24, 2.45) is 0 Å². The van der Waals surface area contributed by atoms with Gasteiger partial charge in [0.05, 0.1) is 6.04 Å². The van der Waals surface area contributed by atoms with Gasteiger partial charge in [-0.05, 0) is 50.1 Å². The van der Waals surface area contributed by atoms with Gasteiger partial charge in [-0.15, -0.1) is 0 Å². The first kappa shape index (κ1) is 13.9. The molecule has 1 atom stereocenters. The van der Waals surface area contributed by atoms with Gasteiger partial charge in [0.1, 0.15) is 0 Å². The second kappa shape index (κ2) is 5.61. The van der Waals surface area contributed by atoms with Crippen LogP contribution >= 0.6 is 0 Å². The number of hydrogen-bond acceptors (Lipinski definition) is 2. The molecular formula is C15H23N3O. The summed E-state index contributed by atoms with van der Waals surface area (Å²) in [5.74, 6) is 0. The van der Waals surface area contributed by atoms with Gasteiger partial charge in [0.15, 0.2) is 0 Å². The van der Waals surface area contributed by atoms with E-state index >= 15 is 0 Å². The average molecular weight is 261 g/mol. The van der Waals surface area contributed by atoms with Crippen LogP contribution in [0.3, 0.4) is 0 Å². The normalized spacial score (nSPS) is 18.8. The Morgan fingerprint density at radius 2 is 1.95 bits per heavy atom. The third-order valence-corrected chi connectivity index (χ3v) is 3.88. The lowest BCUT2D eigenvalue weighted by Crippen LogP contribution is -2.33. The molecule has 1 unspecified atom stereocenters. The molecule has 0 radical (unpaired) electrons. The molecule has 0 aliphatic carbocycles. The van der Waals surface area contributed by atoms with Gasteiger partial charge in [0.25, 0.3) is 0 Å². The predicted octanol–water partition coefficient (Wildman–Crippen LogP) is 1.90.